The van der Waals surface area contributed by atoms with Gasteiger partial charge in [0.1, 0.15) is 11.5 Å². The molecule has 1 aromatic carbocycles. The fraction of sp³-hybridized carbons (Fsp3) is 0.633. The van der Waals surface area contributed by atoms with Gasteiger partial charge in [-0.25, -0.2) is 0 Å². The molecule has 0 amide bonds. The van der Waals surface area contributed by atoms with Crippen LogP contribution in [0.1, 0.15) is 124 Å². The molecule has 0 bridgehead atoms. The lowest BCUT2D eigenvalue weighted by molar-refractivity contribution is -0.137. The van der Waals surface area contributed by atoms with E-state index >= 15 is 0 Å². The Kier molecular flexibility index (Phi) is 8.28. The van der Waals surface area contributed by atoms with Crippen molar-refractivity contribution in [3.63, 3.8) is 0 Å². The highest BCUT2D eigenvalue weighted by atomic mass is 35.5. The number of Topliss-reactive ketones (excluding diaryl/α,β-unsaturated/α-hetero) is 1. The number of nitrogens with zero attached hydrogens (tertiary/aromatic N) is 1. The highest BCUT2D eigenvalue weighted by Gasteiger charge is 2.42. The first-order chi connectivity index (χ1) is 17.1. The number of ketones is 1. The van der Waals surface area contributed by atoms with Crippen LogP contribution >= 0.6 is 11.6 Å². The predicted octanol–water partition coefficient (Wildman–Crippen LogP) is 7.98. The van der Waals surface area contributed by atoms with Crippen LogP contribution in [0.25, 0.3) is 0 Å². The first-order valence-corrected chi connectivity index (χ1v) is 13.9. The number of carboxylic acids is 1. The number of aliphatic carboxylic acids is 1. The Morgan fingerprint density at radius 1 is 1.22 bits per heavy atom. The second-order valence-corrected chi connectivity index (χ2v) is 12.4. The first kappa shape index (κ1) is 26.9. The molecule has 2 aromatic rings. The van der Waals surface area contributed by atoms with Gasteiger partial charge in [0.15, 0.2) is 0 Å². The van der Waals surface area contributed by atoms with Crippen molar-refractivity contribution >= 4 is 23.4 Å². The van der Waals surface area contributed by atoms with Crippen LogP contribution in [0.4, 0.5) is 0 Å². The van der Waals surface area contributed by atoms with E-state index in [0.29, 0.717) is 34.6 Å². The Balaban J connectivity index is 1.50. The van der Waals surface area contributed by atoms with Crippen molar-refractivity contribution in [2.24, 2.45) is 11.3 Å². The van der Waals surface area contributed by atoms with Gasteiger partial charge in [-0.15, -0.1) is 0 Å². The number of carbonyl (C=O) groups excluding carboxylic acids is 1. The quantitative estimate of drug-likeness (QED) is 0.293. The summed E-state index contributed by atoms with van der Waals surface area (Å²) in [4.78, 5) is 24.5. The third-order valence-corrected chi connectivity index (χ3v) is 8.69. The molecule has 36 heavy (non-hydrogen) atoms. The van der Waals surface area contributed by atoms with Crippen molar-refractivity contribution in [3.8, 4) is 0 Å². The summed E-state index contributed by atoms with van der Waals surface area (Å²) in [5.74, 6) is 1.49. The van der Waals surface area contributed by atoms with E-state index in [0.717, 1.165) is 48.3 Å². The monoisotopic (exact) mass is 513 g/mol. The predicted molar refractivity (Wildman–Crippen MR) is 142 cm³/mol. The Morgan fingerprint density at radius 3 is 2.56 bits per heavy atom. The van der Waals surface area contributed by atoms with Crippen molar-refractivity contribution in [3.05, 3.63) is 51.4 Å². The van der Waals surface area contributed by atoms with E-state index in [1.54, 1.807) is 0 Å². The zero-order chi connectivity index (χ0) is 26.0. The molecule has 1 N–H and O–H groups in total. The average Bonchev–Trinajstić information content (AvgIpc) is 3.54. The number of carbonyl (C=O) groups is 2. The minimum absolute atomic E-state index is 0.00708. The van der Waals surface area contributed by atoms with E-state index in [1.807, 2.05) is 25.1 Å². The second-order valence-electron chi connectivity index (χ2n) is 12.0. The summed E-state index contributed by atoms with van der Waals surface area (Å²) in [6.45, 7) is 8.91. The van der Waals surface area contributed by atoms with Gasteiger partial charge < -0.3 is 9.63 Å². The van der Waals surface area contributed by atoms with E-state index in [9.17, 15) is 14.7 Å². The molecule has 1 heterocycles. The van der Waals surface area contributed by atoms with Gasteiger partial charge in [0, 0.05) is 41.7 Å². The number of hydrogen-bond donors (Lipinski definition) is 1. The smallest absolute Gasteiger partial charge is 0.303 e. The number of carboxylic acid groups (broad SMARTS) is 1. The Hall–Kier alpha value is -2.14. The van der Waals surface area contributed by atoms with Crippen molar-refractivity contribution in [1.82, 2.24) is 5.16 Å². The summed E-state index contributed by atoms with van der Waals surface area (Å²) in [6, 6.07) is 5.73. The molecule has 2 fully saturated rings. The largest absolute Gasteiger partial charge is 0.481 e. The minimum atomic E-state index is -0.855. The molecule has 2 aliphatic rings. The minimum Gasteiger partial charge on any atom is -0.481 e. The molecule has 5 nitrogen and oxygen atoms in total. The topological polar surface area (TPSA) is 80.4 Å². The summed E-state index contributed by atoms with van der Waals surface area (Å²) in [7, 11) is 0. The van der Waals surface area contributed by atoms with E-state index in [1.165, 1.54) is 18.4 Å². The molecule has 0 aliphatic heterocycles. The maximum Gasteiger partial charge on any atom is 0.303 e. The van der Waals surface area contributed by atoms with Crippen LogP contribution in [0.5, 0.6) is 0 Å². The van der Waals surface area contributed by atoms with Crippen LogP contribution in [0, 0.1) is 18.3 Å². The van der Waals surface area contributed by atoms with Gasteiger partial charge in [0.2, 0.25) is 0 Å². The molecule has 196 valence electrons. The highest BCUT2D eigenvalue weighted by Crippen LogP contribution is 2.53. The maximum atomic E-state index is 13.1. The van der Waals surface area contributed by atoms with Gasteiger partial charge in [-0.2, -0.15) is 0 Å². The van der Waals surface area contributed by atoms with E-state index in [4.69, 9.17) is 16.1 Å². The summed E-state index contributed by atoms with van der Waals surface area (Å²) in [5.41, 5.74) is 4.24. The number of hydrogen-bond acceptors (Lipinski definition) is 4. The van der Waals surface area contributed by atoms with Crippen molar-refractivity contribution in [2.45, 2.75) is 110 Å². The normalized spacial score (nSPS) is 20.7. The van der Waals surface area contributed by atoms with Gasteiger partial charge >= 0.3 is 5.97 Å². The highest BCUT2D eigenvalue weighted by molar-refractivity contribution is 6.31. The molecular formula is C30H40ClNO4. The van der Waals surface area contributed by atoms with Crippen LogP contribution in [-0.4, -0.2) is 22.0 Å². The number of aromatic nitrogens is 1. The lowest BCUT2D eigenvalue weighted by Gasteiger charge is -2.39. The lowest BCUT2D eigenvalue weighted by atomic mass is 9.66. The summed E-state index contributed by atoms with van der Waals surface area (Å²) in [6.07, 6.45) is 7.77. The summed E-state index contributed by atoms with van der Waals surface area (Å²) >= 11 is 6.37. The van der Waals surface area contributed by atoms with Crippen LogP contribution < -0.4 is 0 Å². The molecule has 4 rings (SSSR count). The Morgan fingerprint density at radius 2 is 1.94 bits per heavy atom. The molecule has 1 unspecified atom stereocenters. The molecule has 0 spiro atoms. The number of aryl methyl sites for hydroxylation is 1. The molecule has 2 aliphatic carbocycles. The standard InChI is InChI=1S/C30H40ClNO4/c1-5-30(3,4)17-19-13-23(14-19)29-27(20-8-9-20)28(32-36-29)22(10-11-26(34)35)16-24(33)15-21-7-6-18(2)12-25(21)31/h6-7,12,19-20,22-23H,5,8-11,13-17H2,1-4H3,(H,34,35). The number of halogens is 1. The SMILES string of the molecule is CCC(C)(C)CC1CC(c2onc(C(CCC(=O)O)CC(=O)Cc3ccc(C)cc3Cl)c2C2CC2)C1. The zero-order valence-electron chi connectivity index (χ0n) is 22.1. The van der Waals surface area contributed by atoms with E-state index < -0.39 is 5.97 Å². The van der Waals surface area contributed by atoms with Crippen LogP contribution in [0.3, 0.4) is 0 Å². The van der Waals surface area contributed by atoms with Gasteiger partial charge in [-0.3, -0.25) is 9.59 Å². The van der Waals surface area contributed by atoms with Crippen LogP contribution in [0.2, 0.25) is 5.02 Å². The number of rotatable bonds is 13. The third kappa shape index (κ3) is 6.59. The second kappa shape index (κ2) is 11.1. The van der Waals surface area contributed by atoms with Crippen molar-refractivity contribution in [1.29, 1.82) is 0 Å². The van der Waals surface area contributed by atoms with Gasteiger partial charge in [0.25, 0.3) is 0 Å². The summed E-state index contributed by atoms with van der Waals surface area (Å²) < 4.78 is 6.00. The van der Waals surface area contributed by atoms with Gasteiger partial charge in [0.05, 0.1) is 5.69 Å². The molecule has 1 aromatic heterocycles. The molecule has 1 atom stereocenters. The fourth-order valence-electron chi connectivity index (χ4n) is 5.72. The zero-order valence-corrected chi connectivity index (χ0v) is 22.9. The van der Waals surface area contributed by atoms with Crippen LogP contribution in [-0.2, 0) is 16.0 Å². The van der Waals surface area contributed by atoms with Crippen molar-refractivity contribution in [2.75, 3.05) is 0 Å². The lowest BCUT2D eigenvalue weighted by Crippen LogP contribution is -2.27. The van der Waals surface area contributed by atoms with Gasteiger partial charge in [-0.05, 0) is 79.9 Å². The fourth-order valence-corrected chi connectivity index (χ4v) is 6.03. The molecular weight excluding hydrogens is 474 g/mol. The van der Waals surface area contributed by atoms with Crippen LogP contribution in [0.15, 0.2) is 22.7 Å². The van der Waals surface area contributed by atoms with Gasteiger partial charge in [-0.1, -0.05) is 56.1 Å². The van der Waals surface area contributed by atoms with E-state index in [2.05, 4.69) is 25.9 Å². The van der Waals surface area contributed by atoms with Crippen molar-refractivity contribution < 1.29 is 19.2 Å². The average molecular weight is 514 g/mol. The molecule has 2 saturated carbocycles. The summed E-state index contributed by atoms with van der Waals surface area (Å²) in [5, 5.41) is 14.5. The number of benzene rings is 1. The molecule has 6 heteroatoms. The molecule has 0 saturated heterocycles. The third-order valence-electron chi connectivity index (χ3n) is 8.34. The van der Waals surface area contributed by atoms with E-state index in [-0.39, 0.29) is 31.0 Å². The maximum absolute atomic E-state index is 13.1. The molecule has 0 radical (unpaired) electrons. The first-order valence-electron chi connectivity index (χ1n) is 13.5. The Labute approximate surface area is 220 Å². The Bertz CT molecular complexity index is 1090.